The Bertz CT molecular complexity index is 1300. The van der Waals surface area contributed by atoms with Crippen molar-refractivity contribution in [2.24, 2.45) is 5.10 Å². The average molecular weight is 474 g/mol. The van der Waals surface area contributed by atoms with E-state index in [9.17, 15) is 23.2 Å². The Morgan fingerprint density at radius 1 is 1.22 bits per heavy atom. The molecule has 7 nitrogen and oxygen atoms in total. The molecule has 0 atom stereocenters. The molecule has 12 heteroatoms. The predicted octanol–water partition coefficient (Wildman–Crippen LogP) is 4.26. The van der Waals surface area contributed by atoms with Gasteiger partial charge in [0.1, 0.15) is 4.90 Å². The van der Waals surface area contributed by atoms with Crippen molar-refractivity contribution in [2.75, 3.05) is 12.1 Å². The van der Waals surface area contributed by atoms with Gasteiger partial charge in [0.05, 0.1) is 34.8 Å². The Morgan fingerprint density at radius 2 is 1.97 bits per heavy atom. The van der Waals surface area contributed by atoms with E-state index in [4.69, 9.17) is 0 Å². The predicted molar refractivity (Wildman–Crippen MR) is 117 cm³/mol. The Balaban J connectivity index is 1.58. The zero-order valence-electron chi connectivity index (χ0n) is 16.4. The van der Waals surface area contributed by atoms with Crippen molar-refractivity contribution in [1.82, 2.24) is 14.8 Å². The fraction of sp³-hybridized carbons (Fsp3) is 0.150. The standard InChI is InChI=1S/C20H13F3N6OS2/c1-28-16-10-26-29(15-4-6-25-7-5-15)18(30)17(16)32-19(27-28)31-11-12-2-3-14(20(21,22)23)8-13(12)9-24/h2-8,10H,11H2,1H3. The van der Waals surface area contributed by atoms with Gasteiger partial charge in [-0.05, 0) is 29.8 Å². The molecule has 0 bridgehead atoms. The van der Waals surface area contributed by atoms with Crippen LogP contribution in [0.2, 0.25) is 0 Å². The summed E-state index contributed by atoms with van der Waals surface area (Å²) >= 11 is 2.39. The van der Waals surface area contributed by atoms with Gasteiger partial charge in [0.15, 0.2) is 4.38 Å². The number of anilines is 1. The normalized spacial score (nSPS) is 13.3. The van der Waals surface area contributed by atoms with Crippen molar-refractivity contribution >= 4 is 33.6 Å². The zero-order valence-corrected chi connectivity index (χ0v) is 18.0. The van der Waals surface area contributed by atoms with Crippen LogP contribution in [0, 0.1) is 11.3 Å². The van der Waals surface area contributed by atoms with Crippen LogP contribution < -0.4 is 10.6 Å². The van der Waals surface area contributed by atoms with Crippen LogP contribution in [0.1, 0.15) is 16.7 Å². The lowest BCUT2D eigenvalue weighted by Gasteiger charge is -2.23. The van der Waals surface area contributed by atoms with E-state index >= 15 is 0 Å². The number of rotatable bonds is 3. The number of thioether (sulfide) groups is 2. The summed E-state index contributed by atoms with van der Waals surface area (Å²) in [7, 11) is 1.68. The van der Waals surface area contributed by atoms with Crippen LogP contribution in [-0.2, 0) is 11.9 Å². The first kappa shape index (κ1) is 21.9. The van der Waals surface area contributed by atoms with Crippen LogP contribution in [-0.4, -0.2) is 26.2 Å². The Hall–Kier alpha value is -3.30. The molecule has 2 aromatic heterocycles. The highest BCUT2D eigenvalue weighted by molar-refractivity contribution is 8.38. The lowest BCUT2D eigenvalue weighted by Crippen LogP contribution is -2.28. The molecule has 0 N–H and O–H groups in total. The van der Waals surface area contributed by atoms with Crippen molar-refractivity contribution < 1.29 is 13.2 Å². The molecule has 162 valence electrons. The first-order valence-corrected chi connectivity index (χ1v) is 10.8. The quantitative estimate of drug-likeness (QED) is 0.560. The fourth-order valence-corrected chi connectivity index (χ4v) is 5.06. The maximum atomic E-state index is 13.0. The van der Waals surface area contributed by atoms with Crippen molar-refractivity contribution in [1.29, 1.82) is 5.26 Å². The third-order valence-electron chi connectivity index (χ3n) is 4.50. The summed E-state index contributed by atoms with van der Waals surface area (Å²) in [5, 5.41) is 19.4. The molecule has 1 aliphatic rings. The van der Waals surface area contributed by atoms with Gasteiger partial charge in [-0.1, -0.05) is 29.6 Å². The van der Waals surface area contributed by atoms with Gasteiger partial charge in [0.2, 0.25) is 0 Å². The summed E-state index contributed by atoms with van der Waals surface area (Å²) in [6.45, 7) is 0. The SMILES string of the molecule is CN1N=C(SCc2ccc(C(F)(F)F)cc2C#N)Sc2c1cnn(-c1ccncc1)c2=O. The summed E-state index contributed by atoms with van der Waals surface area (Å²) < 4.78 is 40.5. The first-order chi connectivity index (χ1) is 15.3. The number of benzene rings is 1. The summed E-state index contributed by atoms with van der Waals surface area (Å²) in [5.74, 6) is 0.222. The van der Waals surface area contributed by atoms with Crippen molar-refractivity contribution in [3.05, 3.63) is 76.0 Å². The molecule has 0 radical (unpaired) electrons. The number of aromatic nitrogens is 3. The van der Waals surface area contributed by atoms with Gasteiger partial charge < -0.3 is 0 Å². The molecule has 3 aromatic rings. The maximum absolute atomic E-state index is 13.0. The van der Waals surface area contributed by atoms with E-state index in [2.05, 4.69) is 15.2 Å². The second-order valence-corrected chi connectivity index (χ2v) is 8.76. The van der Waals surface area contributed by atoms with Crippen LogP contribution in [0.15, 0.2) is 63.7 Å². The van der Waals surface area contributed by atoms with Crippen molar-refractivity contribution in [3.63, 3.8) is 0 Å². The number of halogens is 3. The highest BCUT2D eigenvalue weighted by Crippen LogP contribution is 2.37. The average Bonchev–Trinajstić information content (AvgIpc) is 2.78. The second kappa shape index (κ2) is 8.68. The largest absolute Gasteiger partial charge is 0.416 e. The third kappa shape index (κ3) is 4.35. The number of nitrogens with zero attached hydrogens (tertiary/aromatic N) is 6. The number of nitriles is 1. The van der Waals surface area contributed by atoms with Crippen LogP contribution >= 0.6 is 23.5 Å². The molecular weight excluding hydrogens is 461 g/mol. The molecular formula is C20H13F3N6OS2. The Labute approximate surface area is 188 Å². The molecule has 4 rings (SSSR count). The minimum absolute atomic E-state index is 0.0493. The number of alkyl halides is 3. The number of hydrogen-bond acceptors (Lipinski definition) is 8. The third-order valence-corrected chi connectivity index (χ3v) is 6.73. The highest BCUT2D eigenvalue weighted by Gasteiger charge is 2.31. The van der Waals surface area contributed by atoms with Gasteiger partial charge in [-0.2, -0.15) is 33.3 Å². The van der Waals surface area contributed by atoms with Gasteiger partial charge in [0.25, 0.3) is 5.56 Å². The molecule has 0 fully saturated rings. The molecule has 0 amide bonds. The molecule has 0 saturated carbocycles. The zero-order chi connectivity index (χ0) is 22.9. The number of hydrogen-bond donors (Lipinski definition) is 0. The summed E-state index contributed by atoms with van der Waals surface area (Å²) in [5.41, 5.74) is 0.312. The van der Waals surface area contributed by atoms with Gasteiger partial charge in [0, 0.05) is 25.2 Å². The van der Waals surface area contributed by atoms with Crippen LogP contribution in [0.5, 0.6) is 0 Å². The van der Waals surface area contributed by atoms with Gasteiger partial charge in [-0.15, -0.1) is 0 Å². The van der Waals surface area contributed by atoms with Crippen LogP contribution in [0.25, 0.3) is 5.69 Å². The molecule has 0 spiro atoms. The van der Waals surface area contributed by atoms with E-state index in [0.29, 0.717) is 26.2 Å². The topological polar surface area (TPSA) is 87.2 Å². The highest BCUT2D eigenvalue weighted by atomic mass is 32.2. The minimum atomic E-state index is -4.52. The number of hydrazone groups is 1. The van der Waals surface area contributed by atoms with E-state index in [-0.39, 0.29) is 16.9 Å². The smallest absolute Gasteiger partial charge is 0.266 e. The van der Waals surface area contributed by atoms with Gasteiger partial charge >= 0.3 is 6.18 Å². The molecule has 0 unspecified atom stereocenters. The fourth-order valence-electron chi connectivity index (χ4n) is 2.89. The number of fused-ring (bicyclic) bond motifs is 1. The number of pyridine rings is 1. The lowest BCUT2D eigenvalue weighted by atomic mass is 10.1. The molecule has 0 saturated heterocycles. The molecule has 32 heavy (non-hydrogen) atoms. The summed E-state index contributed by atoms with van der Waals surface area (Å²) in [6.07, 6.45) is 0.137. The van der Waals surface area contributed by atoms with E-state index in [1.54, 1.807) is 37.8 Å². The van der Waals surface area contributed by atoms with E-state index in [1.807, 2.05) is 6.07 Å². The van der Waals surface area contributed by atoms with Crippen LogP contribution in [0.4, 0.5) is 18.9 Å². The molecule has 3 heterocycles. The molecule has 0 aliphatic carbocycles. The monoisotopic (exact) mass is 474 g/mol. The minimum Gasteiger partial charge on any atom is -0.266 e. The van der Waals surface area contributed by atoms with E-state index in [1.165, 1.54) is 27.5 Å². The first-order valence-electron chi connectivity index (χ1n) is 9.04. The maximum Gasteiger partial charge on any atom is 0.416 e. The van der Waals surface area contributed by atoms with Gasteiger partial charge in [-0.25, -0.2) is 0 Å². The molecule has 1 aromatic carbocycles. The Morgan fingerprint density at radius 3 is 2.66 bits per heavy atom. The van der Waals surface area contributed by atoms with Crippen molar-refractivity contribution in [3.8, 4) is 11.8 Å². The van der Waals surface area contributed by atoms with E-state index < -0.39 is 11.7 Å². The van der Waals surface area contributed by atoms with Crippen molar-refractivity contribution in [2.45, 2.75) is 16.8 Å². The van der Waals surface area contributed by atoms with Crippen LogP contribution in [0.3, 0.4) is 0 Å². The summed E-state index contributed by atoms with van der Waals surface area (Å²) in [4.78, 5) is 17.4. The second-order valence-electron chi connectivity index (χ2n) is 6.54. The van der Waals surface area contributed by atoms with Gasteiger partial charge in [-0.3, -0.25) is 14.8 Å². The Kier molecular flexibility index (Phi) is 5.94. The lowest BCUT2D eigenvalue weighted by molar-refractivity contribution is -0.137. The summed E-state index contributed by atoms with van der Waals surface area (Å²) in [6, 6.07) is 8.23. The van der Waals surface area contributed by atoms with E-state index in [0.717, 1.165) is 23.9 Å². The molecule has 1 aliphatic heterocycles.